The van der Waals surface area contributed by atoms with Gasteiger partial charge in [-0.2, -0.15) is 0 Å². The maximum absolute atomic E-state index is 11.5. The predicted molar refractivity (Wildman–Crippen MR) is 71.2 cm³/mol. The molecule has 1 aromatic rings. The summed E-state index contributed by atoms with van der Waals surface area (Å²) in [5, 5.41) is 9.44. The summed E-state index contributed by atoms with van der Waals surface area (Å²) in [6.45, 7) is 2.88. The third-order valence-electron chi connectivity index (χ3n) is 3.40. The Bertz CT molecular complexity index is 486. The fraction of sp³-hybridized carbons (Fsp3) is 0.429. The van der Waals surface area contributed by atoms with Gasteiger partial charge in [0.15, 0.2) is 0 Å². The summed E-state index contributed by atoms with van der Waals surface area (Å²) in [5.41, 5.74) is -0.552. The molecule has 0 aliphatic heterocycles. The van der Waals surface area contributed by atoms with Gasteiger partial charge in [-0.25, -0.2) is 4.79 Å². The molecular formula is C14H19NO4. The number of para-hydroxylation sites is 1. The number of carbonyl (C=O) groups excluding carboxylic acids is 1. The van der Waals surface area contributed by atoms with Gasteiger partial charge in [0.05, 0.1) is 7.11 Å². The lowest BCUT2D eigenvalue weighted by molar-refractivity contribution is -0.155. The smallest absolute Gasteiger partial charge is 0.329 e. The number of nitrogens with zero attached hydrogens (tertiary/aromatic N) is 1. The van der Waals surface area contributed by atoms with Crippen LogP contribution in [0.2, 0.25) is 0 Å². The highest BCUT2D eigenvalue weighted by Gasteiger charge is 2.39. The first-order chi connectivity index (χ1) is 8.82. The maximum Gasteiger partial charge on any atom is 0.329 e. The fourth-order valence-electron chi connectivity index (χ4n) is 1.91. The number of benzene rings is 1. The molecule has 0 aliphatic rings. The normalized spacial score (nSPS) is 13.5. The van der Waals surface area contributed by atoms with Crippen molar-refractivity contribution in [1.29, 1.82) is 0 Å². The lowest BCUT2D eigenvalue weighted by Gasteiger charge is -2.34. The van der Waals surface area contributed by atoms with Crippen LogP contribution in [0.3, 0.4) is 0 Å². The molecule has 104 valence electrons. The Labute approximate surface area is 112 Å². The maximum atomic E-state index is 11.5. The number of ether oxygens (including phenoxy) is 1. The minimum absolute atomic E-state index is 0.183. The molecule has 0 spiro atoms. The van der Waals surface area contributed by atoms with Crippen LogP contribution in [0.15, 0.2) is 24.3 Å². The SMILES string of the molecule is COc1ccccc1CC(C)(C(=O)O)N(C)C(C)=O. The van der Waals surface area contributed by atoms with Crippen LogP contribution in [-0.4, -0.2) is 41.6 Å². The lowest BCUT2D eigenvalue weighted by Crippen LogP contribution is -2.54. The minimum Gasteiger partial charge on any atom is -0.496 e. The van der Waals surface area contributed by atoms with E-state index in [0.717, 1.165) is 5.56 Å². The van der Waals surface area contributed by atoms with E-state index in [-0.39, 0.29) is 12.3 Å². The van der Waals surface area contributed by atoms with Gasteiger partial charge < -0.3 is 14.7 Å². The van der Waals surface area contributed by atoms with Gasteiger partial charge in [0, 0.05) is 20.4 Å². The molecule has 19 heavy (non-hydrogen) atoms. The molecule has 0 aromatic heterocycles. The zero-order valence-electron chi connectivity index (χ0n) is 11.6. The zero-order chi connectivity index (χ0) is 14.6. The van der Waals surface area contributed by atoms with E-state index in [1.807, 2.05) is 12.1 Å². The Morgan fingerprint density at radius 2 is 1.95 bits per heavy atom. The summed E-state index contributed by atoms with van der Waals surface area (Å²) < 4.78 is 5.21. The van der Waals surface area contributed by atoms with Crippen molar-refractivity contribution in [3.63, 3.8) is 0 Å². The fourth-order valence-corrected chi connectivity index (χ4v) is 1.91. The van der Waals surface area contributed by atoms with Crippen molar-refractivity contribution in [2.45, 2.75) is 25.8 Å². The average molecular weight is 265 g/mol. The Balaban J connectivity index is 3.16. The average Bonchev–Trinajstić information content (AvgIpc) is 2.37. The van der Waals surface area contributed by atoms with Gasteiger partial charge in [-0.3, -0.25) is 4.79 Å². The van der Waals surface area contributed by atoms with E-state index >= 15 is 0 Å². The van der Waals surface area contributed by atoms with E-state index in [9.17, 15) is 14.7 Å². The number of likely N-dealkylation sites (N-methyl/N-ethyl adjacent to an activating group) is 1. The Hall–Kier alpha value is -2.04. The number of methoxy groups -OCH3 is 1. The third kappa shape index (κ3) is 3.05. The molecule has 1 amide bonds. The number of amides is 1. The van der Waals surface area contributed by atoms with Crippen LogP contribution in [0.5, 0.6) is 5.75 Å². The summed E-state index contributed by atoms with van der Waals surface area (Å²) in [6.07, 6.45) is 0.183. The Kier molecular flexibility index (Phi) is 4.53. The van der Waals surface area contributed by atoms with Crippen molar-refractivity contribution in [2.24, 2.45) is 0 Å². The number of carboxylic acids is 1. The van der Waals surface area contributed by atoms with Crippen LogP contribution < -0.4 is 4.74 Å². The number of hydrogen-bond donors (Lipinski definition) is 1. The first-order valence-electron chi connectivity index (χ1n) is 5.92. The van der Waals surface area contributed by atoms with Crippen molar-refractivity contribution in [3.8, 4) is 5.75 Å². The summed E-state index contributed by atoms with van der Waals surface area (Å²) in [4.78, 5) is 24.2. The predicted octanol–water partition coefficient (Wildman–Crippen LogP) is 1.56. The molecule has 0 heterocycles. The molecule has 1 rings (SSSR count). The van der Waals surface area contributed by atoms with Crippen LogP contribution in [-0.2, 0) is 16.0 Å². The number of aliphatic carboxylic acids is 1. The van der Waals surface area contributed by atoms with Crippen LogP contribution in [0.25, 0.3) is 0 Å². The summed E-state index contributed by atoms with van der Waals surface area (Å²) >= 11 is 0. The van der Waals surface area contributed by atoms with Crippen molar-refractivity contribution < 1.29 is 19.4 Å². The quantitative estimate of drug-likeness (QED) is 0.877. The highest BCUT2D eigenvalue weighted by atomic mass is 16.5. The standard InChI is InChI=1S/C14H19NO4/c1-10(16)15(3)14(2,13(17)18)9-11-7-5-6-8-12(11)19-4/h5-8H,9H2,1-4H3,(H,17,18). The second-order valence-corrected chi connectivity index (χ2v) is 4.65. The third-order valence-corrected chi connectivity index (χ3v) is 3.40. The molecule has 1 atom stereocenters. The van der Waals surface area contributed by atoms with E-state index < -0.39 is 11.5 Å². The van der Waals surface area contributed by atoms with Gasteiger partial charge in [-0.05, 0) is 18.6 Å². The summed E-state index contributed by atoms with van der Waals surface area (Å²) in [7, 11) is 3.03. The van der Waals surface area contributed by atoms with Gasteiger partial charge in [-0.1, -0.05) is 18.2 Å². The number of hydrogen-bond acceptors (Lipinski definition) is 3. The van der Waals surface area contributed by atoms with Gasteiger partial charge in [0.1, 0.15) is 11.3 Å². The Morgan fingerprint density at radius 3 is 2.42 bits per heavy atom. The number of rotatable bonds is 5. The molecule has 0 fully saturated rings. The van der Waals surface area contributed by atoms with Crippen molar-refractivity contribution in [3.05, 3.63) is 29.8 Å². The topological polar surface area (TPSA) is 66.8 Å². The van der Waals surface area contributed by atoms with E-state index in [1.165, 1.54) is 32.9 Å². The van der Waals surface area contributed by atoms with Gasteiger partial charge in [0.25, 0.3) is 0 Å². The van der Waals surface area contributed by atoms with Gasteiger partial charge >= 0.3 is 5.97 Å². The van der Waals surface area contributed by atoms with E-state index in [0.29, 0.717) is 5.75 Å². The van der Waals surface area contributed by atoms with Crippen LogP contribution >= 0.6 is 0 Å². The number of carbonyl (C=O) groups is 2. The van der Waals surface area contributed by atoms with Crippen molar-refractivity contribution >= 4 is 11.9 Å². The molecule has 0 radical (unpaired) electrons. The Morgan fingerprint density at radius 1 is 1.37 bits per heavy atom. The van der Waals surface area contributed by atoms with E-state index in [4.69, 9.17) is 4.74 Å². The molecule has 1 unspecified atom stereocenters. The first-order valence-corrected chi connectivity index (χ1v) is 5.92. The summed E-state index contributed by atoms with van der Waals surface area (Å²) in [6, 6.07) is 7.20. The van der Waals surface area contributed by atoms with Crippen LogP contribution in [0.4, 0.5) is 0 Å². The van der Waals surface area contributed by atoms with E-state index in [2.05, 4.69) is 0 Å². The lowest BCUT2D eigenvalue weighted by atomic mass is 9.90. The highest BCUT2D eigenvalue weighted by Crippen LogP contribution is 2.26. The van der Waals surface area contributed by atoms with E-state index in [1.54, 1.807) is 12.1 Å². The van der Waals surface area contributed by atoms with Gasteiger partial charge in [-0.15, -0.1) is 0 Å². The molecule has 1 aromatic carbocycles. The second-order valence-electron chi connectivity index (χ2n) is 4.65. The first kappa shape index (κ1) is 15.0. The monoisotopic (exact) mass is 265 g/mol. The minimum atomic E-state index is -1.31. The molecule has 0 saturated heterocycles. The highest BCUT2D eigenvalue weighted by molar-refractivity contribution is 5.86. The second kappa shape index (κ2) is 5.73. The van der Waals surface area contributed by atoms with Gasteiger partial charge in [0.2, 0.25) is 5.91 Å². The zero-order valence-corrected chi connectivity index (χ0v) is 11.6. The van der Waals surface area contributed by atoms with Crippen molar-refractivity contribution in [1.82, 2.24) is 4.90 Å². The van der Waals surface area contributed by atoms with Crippen LogP contribution in [0, 0.1) is 0 Å². The molecule has 5 heteroatoms. The molecular weight excluding hydrogens is 246 g/mol. The largest absolute Gasteiger partial charge is 0.496 e. The molecule has 0 saturated carbocycles. The molecule has 5 nitrogen and oxygen atoms in total. The molecule has 1 N–H and O–H groups in total. The summed E-state index contributed by atoms with van der Waals surface area (Å²) in [5.74, 6) is -0.720. The molecule has 0 aliphatic carbocycles. The van der Waals surface area contributed by atoms with Crippen LogP contribution in [0.1, 0.15) is 19.4 Å². The molecule has 0 bridgehead atoms. The van der Waals surface area contributed by atoms with Crippen molar-refractivity contribution in [2.75, 3.05) is 14.2 Å². The number of carboxylic acid groups (broad SMARTS) is 1.